The predicted molar refractivity (Wildman–Crippen MR) is 79.5 cm³/mol. The molecule has 0 spiro atoms. The van der Waals surface area contributed by atoms with Crippen LogP contribution in [0.4, 0.5) is 11.4 Å². The highest BCUT2D eigenvalue weighted by Crippen LogP contribution is 2.36. The van der Waals surface area contributed by atoms with Gasteiger partial charge in [-0.1, -0.05) is 11.6 Å². The van der Waals surface area contributed by atoms with Crippen molar-refractivity contribution >= 4 is 23.0 Å². The Balaban J connectivity index is 2.32. The number of nitro benzene ring substituents is 1. The standard InChI is InChI=1S/C14H19ClN2O3/c1-10-8-14(17(19)20)12(15)9-13(10)16(6-3-7-18)11-4-2-5-11/h8-9,11,18H,2-7H2,1H3. The molecule has 0 atom stereocenters. The molecule has 0 radical (unpaired) electrons. The monoisotopic (exact) mass is 298 g/mol. The second-order valence-electron chi connectivity index (χ2n) is 5.20. The van der Waals surface area contributed by atoms with Crippen LogP contribution >= 0.6 is 11.6 Å². The average molecular weight is 299 g/mol. The molecule has 1 aliphatic carbocycles. The maximum Gasteiger partial charge on any atom is 0.288 e. The Morgan fingerprint density at radius 1 is 1.50 bits per heavy atom. The maximum atomic E-state index is 10.9. The summed E-state index contributed by atoms with van der Waals surface area (Å²) in [5.41, 5.74) is 1.74. The van der Waals surface area contributed by atoms with E-state index >= 15 is 0 Å². The van der Waals surface area contributed by atoms with Gasteiger partial charge in [0, 0.05) is 30.9 Å². The van der Waals surface area contributed by atoms with Gasteiger partial charge in [-0.15, -0.1) is 0 Å². The van der Waals surface area contributed by atoms with Crippen molar-refractivity contribution in [2.45, 2.75) is 38.6 Å². The van der Waals surface area contributed by atoms with Crippen molar-refractivity contribution in [2.24, 2.45) is 0 Å². The van der Waals surface area contributed by atoms with Gasteiger partial charge >= 0.3 is 0 Å². The molecule has 1 aliphatic rings. The van der Waals surface area contributed by atoms with Crippen LogP contribution < -0.4 is 4.90 Å². The third kappa shape index (κ3) is 3.04. The number of anilines is 1. The molecule has 0 aliphatic heterocycles. The van der Waals surface area contributed by atoms with Crippen molar-refractivity contribution in [2.75, 3.05) is 18.1 Å². The van der Waals surface area contributed by atoms with E-state index in [4.69, 9.17) is 16.7 Å². The van der Waals surface area contributed by atoms with Crippen LogP contribution in [0.1, 0.15) is 31.2 Å². The lowest BCUT2D eigenvalue weighted by Gasteiger charge is -2.40. The average Bonchev–Trinajstić information content (AvgIpc) is 2.34. The number of hydrogen-bond acceptors (Lipinski definition) is 4. The lowest BCUT2D eigenvalue weighted by Crippen LogP contribution is -2.41. The first-order valence-electron chi connectivity index (χ1n) is 6.86. The summed E-state index contributed by atoms with van der Waals surface area (Å²) >= 11 is 6.02. The van der Waals surface area contributed by atoms with Gasteiger partial charge in [0.1, 0.15) is 5.02 Å². The summed E-state index contributed by atoms with van der Waals surface area (Å²) in [6.45, 7) is 2.75. The number of benzene rings is 1. The third-order valence-electron chi connectivity index (χ3n) is 3.84. The van der Waals surface area contributed by atoms with Gasteiger partial charge in [0.15, 0.2) is 0 Å². The second-order valence-corrected chi connectivity index (χ2v) is 5.61. The number of halogens is 1. The van der Waals surface area contributed by atoms with Crippen molar-refractivity contribution < 1.29 is 10.0 Å². The molecule has 110 valence electrons. The lowest BCUT2D eigenvalue weighted by atomic mass is 9.90. The summed E-state index contributed by atoms with van der Waals surface area (Å²) in [7, 11) is 0. The molecule has 0 unspecified atom stereocenters. The third-order valence-corrected chi connectivity index (χ3v) is 4.15. The van der Waals surface area contributed by atoms with Crippen LogP contribution in [0.25, 0.3) is 0 Å². The zero-order chi connectivity index (χ0) is 14.7. The molecular weight excluding hydrogens is 280 g/mol. The summed E-state index contributed by atoms with van der Waals surface area (Å²) in [5.74, 6) is 0. The molecule has 6 heteroatoms. The van der Waals surface area contributed by atoms with Crippen molar-refractivity contribution in [1.82, 2.24) is 0 Å². The molecule has 1 saturated carbocycles. The molecule has 0 amide bonds. The fourth-order valence-electron chi connectivity index (χ4n) is 2.54. The van der Waals surface area contributed by atoms with Gasteiger partial charge < -0.3 is 10.0 Å². The van der Waals surface area contributed by atoms with Crippen LogP contribution in [-0.4, -0.2) is 29.2 Å². The molecule has 0 bridgehead atoms. The molecule has 5 nitrogen and oxygen atoms in total. The minimum absolute atomic E-state index is 0.0522. The molecule has 1 N–H and O–H groups in total. The smallest absolute Gasteiger partial charge is 0.288 e. The maximum absolute atomic E-state index is 10.9. The largest absolute Gasteiger partial charge is 0.396 e. The molecule has 2 rings (SSSR count). The van der Waals surface area contributed by atoms with E-state index in [0.29, 0.717) is 12.5 Å². The van der Waals surface area contributed by atoms with E-state index < -0.39 is 4.92 Å². The van der Waals surface area contributed by atoms with E-state index in [9.17, 15) is 10.1 Å². The van der Waals surface area contributed by atoms with Crippen LogP contribution in [0.5, 0.6) is 0 Å². The highest BCUT2D eigenvalue weighted by molar-refractivity contribution is 6.33. The molecule has 0 aromatic heterocycles. The van der Waals surface area contributed by atoms with Crippen LogP contribution in [0.2, 0.25) is 5.02 Å². The van der Waals surface area contributed by atoms with Crippen molar-refractivity contribution in [3.63, 3.8) is 0 Å². The van der Waals surface area contributed by atoms with Gasteiger partial charge in [0.2, 0.25) is 0 Å². The first-order chi connectivity index (χ1) is 9.54. The number of nitrogens with zero attached hydrogens (tertiary/aromatic N) is 2. The number of nitro groups is 1. The van der Waals surface area contributed by atoms with Crippen molar-refractivity contribution in [3.05, 3.63) is 32.8 Å². The van der Waals surface area contributed by atoms with Gasteiger partial charge in [-0.3, -0.25) is 10.1 Å². The van der Waals surface area contributed by atoms with Gasteiger partial charge in [0.25, 0.3) is 5.69 Å². The second kappa shape index (κ2) is 6.41. The Morgan fingerprint density at radius 3 is 2.70 bits per heavy atom. The molecular formula is C14H19ClN2O3. The van der Waals surface area contributed by atoms with E-state index in [2.05, 4.69) is 4.90 Å². The molecule has 1 fully saturated rings. The summed E-state index contributed by atoms with van der Waals surface area (Å²) in [5, 5.41) is 20.1. The van der Waals surface area contributed by atoms with Crippen LogP contribution in [0.3, 0.4) is 0 Å². The summed E-state index contributed by atoms with van der Waals surface area (Å²) < 4.78 is 0. The Kier molecular flexibility index (Phi) is 4.83. The number of hydrogen-bond donors (Lipinski definition) is 1. The molecule has 0 heterocycles. The van der Waals surface area contributed by atoms with Crippen LogP contribution in [-0.2, 0) is 0 Å². The molecule has 0 saturated heterocycles. The van der Waals surface area contributed by atoms with E-state index in [0.717, 1.165) is 30.6 Å². The van der Waals surface area contributed by atoms with Crippen LogP contribution in [0, 0.1) is 17.0 Å². The summed E-state index contributed by atoms with van der Waals surface area (Å²) in [6.07, 6.45) is 4.14. The molecule has 1 aromatic carbocycles. The minimum Gasteiger partial charge on any atom is -0.396 e. The Labute approximate surface area is 123 Å². The van der Waals surface area contributed by atoms with Gasteiger partial charge in [-0.2, -0.15) is 0 Å². The molecule has 20 heavy (non-hydrogen) atoms. The topological polar surface area (TPSA) is 66.6 Å². The van der Waals surface area contributed by atoms with Gasteiger partial charge in [0.05, 0.1) is 4.92 Å². The summed E-state index contributed by atoms with van der Waals surface area (Å²) in [4.78, 5) is 12.7. The SMILES string of the molecule is Cc1cc([N+](=O)[O-])c(Cl)cc1N(CCCO)C1CCC1. The number of aryl methyl sites for hydroxylation is 1. The first-order valence-corrected chi connectivity index (χ1v) is 7.24. The van der Waals surface area contributed by atoms with E-state index in [1.807, 2.05) is 6.92 Å². The number of aliphatic hydroxyl groups excluding tert-OH is 1. The fraction of sp³-hybridized carbons (Fsp3) is 0.571. The number of rotatable bonds is 6. The van der Waals surface area contributed by atoms with Crippen LogP contribution in [0.15, 0.2) is 12.1 Å². The van der Waals surface area contributed by atoms with Gasteiger partial charge in [-0.05, 0) is 44.2 Å². The van der Waals surface area contributed by atoms with Crippen molar-refractivity contribution in [3.8, 4) is 0 Å². The van der Waals surface area contributed by atoms with E-state index in [1.54, 1.807) is 6.07 Å². The zero-order valence-corrected chi connectivity index (χ0v) is 12.3. The summed E-state index contributed by atoms with van der Waals surface area (Å²) in [6, 6.07) is 3.67. The Morgan fingerprint density at radius 2 is 2.20 bits per heavy atom. The number of aliphatic hydroxyl groups is 1. The normalized spacial score (nSPS) is 14.9. The Bertz CT molecular complexity index is 503. The van der Waals surface area contributed by atoms with E-state index in [-0.39, 0.29) is 17.3 Å². The molecule has 1 aromatic rings. The minimum atomic E-state index is -0.458. The van der Waals surface area contributed by atoms with E-state index in [1.165, 1.54) is 12.5 Å². The fourth-order valence-corrected chi connectivity index (χ4v) is 2.77. The predicted octanol–water partition coefficient (Wildman–Crippen LogP) is 3.30. The highest BCUT2D eigenvalue weighted by Gasteiger charge is 2.27. The van der Waals surface area contributed by atoms with Crippen molar-refractivity contribution in [1.29, 1.82) is 0 Å². The highest BCUT2D eigenvalue weighted by atomic mass is 35.5. The zero-order valence-electron chi connectivity index (χ0n) is 11.5. The van der Waals surface area contributed by atoms with Gasteiger partial charge in [-0.25, -0.2) is 0 Å². The lowest BCUT2D eigenvalue weighted by molar-refractivity contribution is -0.384. The quantitative estimate of drug-likeness (QED) is 0.646. The first kappa shape index (κ1) is 15.1. The Hall–Kier alpha value is -1.33.